The van der Waals surface area contributed by atoms with Crippen molar-refractivity contribution in [3.63, 3.8) is 0 Å². The van der Waals surface area contributed by atoms with Gasteiger partial charge in [0.15, 0.2) is 18.1 Å². The van der Waals surface area contributed by atoms with E-state index in [1.54, 1.807) is 73.8 Å². The number of nitrogens with zero attached hydrogens (tertiary/aromatic N) is 3. The van der Waals surface area contributed by atoms with E-state index in [2.05, 4.69) is 10.6 Å². The molecule has 0 aliphatic carbocycles. The van der Waals surface area contributed by atoms with Crippen LogP contribution >= 0.6 is 0 Å². The van der Waals surface area contributed by atoms with Gasteiger partial charge in [0.2, 0.25) is 17.6 Å². The van der Waals surface area contributed by atoms with Crippen LogP contribution in [0.15, 0.2) is 79.0 Å². The molecule has 47 heavy (non-hydrogen) atoms. The number of nitrogens with one attached hydrogen (secondary N) is 2. The van der Waals surface area contributed by atoms with Crippen molar-refractivity contribution in [2.45, 2.75) is 38.7 Å². The lowest BCUT2D eigenvalue weighted by Gasteiger charge is -2.27. The Bertz CT molecular complexity index is 1800. The van der Waals surface area contributed by atoms with Gasteiger partial charge in [0.05, 0.1) is 29.9 Å². The zero-order valence-electron chi connectivity index (χ0n) is 26.0. The van der Waals surface area contributed by atoms with Crippen molar-refractivity contribution >= 4 is 39.9 Å². The summed E-state index contributed by atoms with van der Waals surface area (Å²) in [5, 5.41) is 19.5. The third-order valence-electron chi connectivity index (χ3n) is 8.05. The molecular weight excluding hydrogens is 615 g/mol. The zero-order valence-corrected chi connectivity index (χ0v) is 26.0. The van der Waals surface area contributed by atoms with Crippen molar-refractivity contribution in [1.82, 2.24) is 10.6 Å². The number of aromatic nitrogens is 1. The number of para-hydroxylation sites is 3. The molecule has 1 aliphatic heterocycles. The lowest BCUT2D eigenvalue weighted by molar-refractivity contribution is -0.577. The molecule has 5 rings (SSSR count). The molecule has 10 nitrogen and oxygen atoms in total. The minimum atomic E-state index is -4.68. The van der Waals surface area contributed by atoms with E-state index >= 15 is 0 Å². The number of anilines is 2. The van der Waals surface area contributed by atoms with Crippen molar-refractivity contribution in [2.75, 3.05) is 36.5 Å². The third-order valence-corrected chi connectivity index (χ3v) is 8.05. The summed E-state index contributed by atoms with van der Waals surface area (Å²) in [6, 6.07) is 18.4. The number of ether oxygens (including phenoxy) is 1. The van der Waals surface area contributed by atoms with Crippen LogP contribution in [0.2, 0.25) is 0 Å². The van der Waals surface area contributed by atoms with E-state index in [0.29, 0.717) is 39.2 Å². The topological polar surface area (TPSA) is 118 Å². The highest BCUT2D eigenvalue weighted by molar-refractivity contribution is 6.12. The minimum absolute atomic E-state index is 0.0434. The molecule has 0 saturated heterocycles. The predicted octanol–water partition coefficient (Wildman–Crippen LogP) is 4.38. The summed E-state index contributed by atoms with van der Waals surface area (Å²) in [4.78, 5) is 43.2. The van der Waals surface area contributed by atoms with E-state index in [4.69, 9.17) is 4.74 Å². The van der Waals surface area contributed by atoms with Crippen LogP contribution in [-0.2, 0) is 11.3 Å². The fourth-order valence-electron chi connectivity index (χ4n) is 5.43. The molecule has 0 bridgehead atoms. The number of halogens is 3. The first kappa shape index (κ1) is 33.4. The van der Waals surface area contributed by atoms with Gasteiger partial charge >= 0.3 is 6.18 Å². The normalized spacial score (nSPS) is 15.7. The summed E-state index contributed by atoms with van der Waals surface area (Å²) < 4.78 is 45.4. The smallest absolute Gasteiger partial charge is 0.422 e. The highest BCUT2D eigenvalue weighted by Crippen LogP contribution is 2.37. The average molecular weight is 650 g/mol. The first-order valence-electron chi connectivity index (χ1n) is 14.9. The van der Waals surface area contributed by atoms with Crippen LogP contribution in [0.1, 0.15) is 40.1 Å². The Morgan fingerprint density at radius 2 is 1.66 bits per heavy atom. The Balaban J connectivity index is 1.63. The van der Waals surface area contributed by atoms with Crippen molar-refractivity contribution in [1.29, 1.82) is 0 Å². The van der Waals surface area contributed by atoms with Crippen LogP contribution in [0, 0.1) is 5.21 Å². The number of pyridine rings is 1. The standard InChI is InChI=1S/C34H34F3N5O5/c1-21(38-3)16-39-27-18-41(32(44)24-14-12-23(13-15-24)22(2)43)30-11-7-6-10-29(30)40(33(27)45)17-26-25-8-4-5-9-28(25)42(46)19-31(26)47-20-34(35,36)37/h4-15,19,21,27,38-39H,16-18,20H2,1-3H3/t21-,27-/m0/s1. The van der Waals surface area contributed by atoms with Crippen molar-refractivity contribution in [2.24, 2.45) is 0 Å². The Kier molecular flexibility index (Phi) is 9.77. The van der Waals surface area contributed by atoms with Gasteiger partial charge in [0.25, 0.3) is 5.91 Å². The maximum atomic E-state index is 14.4. The molecule has 2 heterocycles. The van der Waals surface area contributed by atoms with Gasteiger partial charge in [-0.1, -0.05) is 36.4 Å². The number of fused-ring (bicyclic) bond motifs is 2. The number of rotatable bonds is 10. The first-order valence-corrected chi connectivity index (χ1v) is 14.9. The van der Waals surface area contributed by atoms with Crippen LogP contribution in [0.25, 0.3) is 10.9 Å². The molecule has 0 fully saturated rings. The summed E-state index contributed by atoms with van der Waals surface area (Å²) >= 11 is 0. The maximum Gasteiger partial charge on any atom is 0.422 e. The first-order chi connectivity index (χ1) is 22.4. The number of Topliss-reactive ketones (excluding diaryl/α,β-unsaturated/α-hetero) is 1. The predicted molar refractivity (Wildman–Crippen MR) is 171 cm³/mol. The van der Waals surface area contributed by atoms with Crippen LogP contribution in [0.5, 0.6) is 5.75 Å². The molecule has 1 aromatic heterocycles. The van der Waals surface area contributed by atoms with Crippen molar-refractivity contribution in [3.8, 4) is 5.75 Å². The van der Waals surface area contributed by atoms with E-state index in [9.17, 15) is 32.8 Å². The van der Waals surface area contributed by atoms with Gasteiger partial charge in [-0.25, -0.2) is 0 Å². The summed E-state index contributed by atoms with van der Waals surface area (Å²) in [5.74, 6) is -1.32. The number of benzene rings is 3. The van der Waals surface area contributed by atoms with Gasteiger partial charge in [-0.05, 0) is 51.2 Å². The number of amides is 2. The Labute approximate surface area is 269 Å². The number of carbonyl (C=O) groups excluding carboxylic acids is 3. The fraction of sp³-hybridized carbons (Fsp3) is 0.294. The highest BCUT2D eigenvalue weighted by Gasteiger charge is 2.38. The van der Waals surface area contributed by atoms with Gasteiger partial charge < -0.3 is 30.4 Å². The van der Waals surface area contributed by atoms with E-state index in [1.807, 2.05) is 6.92 Å². The van der Waals surface area contributed by atoms with Crippen LogP contribution in [-0.4, -0.2) is 62.6 Å². The Morgan fingerprint density at radius 3 is 2.32 bits per heavy atom. The molecule has 246 valence electrons. The molecule has 0 saturated carbocycles. The van der Waals surface area contributed by atoms with Gasteiger partial charge in [0.1, 0.15) is 6.04 Å². The minimum Gasteiger partial charge on any atom is -0.618 e. The molecule has 2 atom stereocenters. The quantitative estimate of drug-likeness (QED) is 0.149. The number of hydrogen-bond donors (Lipinski definition) is 2. The second-order valence-electron chi connectivity index (χ2n) is 11.3. The number of likely N-dealkylation sites (N-methyl/N-ethyl adjacent to an activating group) is 1. The molecule has 0 unspecified atom stereocenters. The molecule has 4 aromatic rings. The summed E-state index contributed by atoms with van der Waals surface area (Å²) in [6.07, 6.45) is -3.74. The number of hydrogen-bond acceptors (Lipinski definition) is 7. The van der Waals surface area contributed by atoms with Crippen molar-refractivity contribution in [3.05, 3.63) is 101 Å². The van der Waals surface area contributed by atoms with Crippen LogP contribution in [0.3, 0.4) is 0 Å². The SMILES string of the molecule is CN[C@@H](C)CN[C@H]1CN(C(=O)c2ccc(C(C)=O)cc2)c2ccccc2N(Cc2c(OCC(F)(F)F)c[n+]([O-])c3ccccc23)C1=O. The molecule has 13 heteroatoms. The molecule has 1 aliphatic rings. The van der Waals surface area contributed by atoms with Gasteiger partial charge in [-0.15, -0.1) is 0 Å². The molecule has 0 spiro atoms. The summed E-state index contributed by atoms with van der Waals surface area (Å²) in [6.45, 7) is 1.73. The van der Waals surface area contributed by atoms with Gasteiger partial charge in [0, 0.05) is 35.3 Å². The number of carbonyl (C=O) groups is 3. The lowest BCUT2D eigenvalue weighted by Crippen LogP contribution is -2.53. The number of ketones is 1. The summed E-state index contributed by atoms with van der Waals surface area (Å²) in [5.41, 5.74) is 1.84. The lowest BCUT2D eigenvalue weighted by atomic mass is 10.1. The summed E-state index contributed by atoms with van der Waals surface area (Å²) in [7, 11) is 1.77. The fourth-order valence-corrected chi connectivity index (χ4v) is 5.43. The monoisotopic (exact) mass is 649 g/mol. The highest BCUT2D eigenvalue weighted by atomic mass is 19.4. The second-order valence-corrected chi connectivity index (χ2v) is 11.3. The maximum absolute atomic E-state index is 14.4. The van der Waals surface area contributed by atoms with Crippen LogP contribution in [0.4, 0.5) is 24.5 Å². The molecular formula is C34H34F3N5O5. The van der Waals surface area contributed by atoms with Crippen molar-refractivity contribution < 1.29 is 37.0 Å². The van der Waals surface area contributed by atoms with E-state index < -0.39 is 30.6 Å². The Hall–Kier alpha value is -5.01. The largest absolute Gasteiger partial charge is 0.618 e. The zero-order chi connectivity index (χ0) is 33.9. The second kappa shape index (κ2) is 13.8. The average Bonchev–Trinajstić information content (AvgIpc) is 3.17. The molecule has 0 radical (unpaired) electrons. The van der Waals surface area contributed by atoms with Gasteiger partial charge in [-0.3, -0.25) is 14.4 Å². The van der Waals surface area contributed by atoms with Gasteiger partial charge in [-0.2, -0.15) is 17.9 Å². The molecule has 3 aromatic carbocycles. The van der Waals surface area contributed by atoms with E-state index in [0.717, 1.165) is 6.20 Å². The number of alkyl halides is 3. The van der Waals surface area contributed by atoms with Crippen LogP contribution < -0.4 is 29.9 Å². The Morgan fingerprint density at radius 1 is 1.02 bits per heavy atom. The molecule has 2 N–H and O–H groups in total. The van der Waals surface area contributed by atoms with E-state index in [-0.39, 0.29) is 41.7 Å². The molecule has 2 amide bonds. The van der Waals surface area contributed by atoms with E-state index in [1.165, 1.54) is 22.8 Å². The third kappa shape index (κ3) is 7.36.